The molecule has 0 fully saturated rings. The quantitative estimate of drug-likeness (QED) is 0.471. The summed E-state index contributed by atoms with van der Waals surface area (Å²) in [5.41, 5.74) is 3.10. The lowest BCUT2D eigenvalue weighted by Gasteiger charge is -2.08. The first-order valence-electron chi connectivity index (χ1n) is 9.63. The number of aromatic nitrogens is 3. The van der Waals surface area contributed by atoms with Crippen LogP contribution in [0.3, 0.4) is 0 Å². The number of aryl methyl sites for hydroxylation is 1. The van der Waals surface area contributed by atoms with E-state index in [-0.39, 0.29) is 12.5 Å². The minimum atomic E-state index is -0.136. The minimum Gasteiger partial charge on any atom is -0.484 e. The molecular formula is C23H22N4O2. The fourth-order valence-electron chi connectivity index (χ4n) is 3.11. The second-order valence-electron chi connectivity index (χ2n) is 6.68. The first-order chi connectivity index (χ1) is 14.3. The monoisotopic (exact) mass is 386 g/mol. The van der Waals surface area contributed by atoms with Crippen LogP contribution in [0.1, 0.15) is 12.2 Å². The van der Waals surface area contributed by atoms with Gasteiger partial charge in [-0.05, 0) is 41.8 Å². The van der Waals surface area contributed by atoms with Gasteiger partial charge in [0.2, 0.25) is 0 Å². The lowest BCUT2D eigenvalue weighted by Crippen LogP contribution is -2.30. The first kappa shape index (κ1) is 18.7. The van der Waals surface area contributed by atoms with Crippen LogP contribution >= 0.6 is 0 Å². The van der Waals surface area contributed by atoms with Crippen LogP contribution in [0, 0.1) is 0 Å². The average molecular weight is 386 g/mol. The summed E-state index contributed by atoms with van der Waals surface area (Å²) in [6.07, 6.45) is 3.47. The molecule has 0 saturated heterocycles. The molecule has 0 aliphatic heterocycles. The van der Waals surface area contributed by atoms with Crippen molar-refractivity contribution in [2.24, 2.45) is 0 Å². The van der Waals surface area contributed by atoms with Gasteiger partial charge in [-0.25, -0.2) is 0 Å². The van der Waals surface area contributed by atoms with Gasteiger partial charge in [-0.15, -0.1) is 10.2 Å². The molecule has 0 bridgehead atoms. The third-order valence-corrected chi connectivity index (χ3v) is 4.62. The average Bonchev–Trinajstić information content (AvgIpc) is 3.19. The zero-order valence-corrected chi connectivity index (χ0v) is 16.0. The summed E-state index contributed by atoms with van der Waals surface area (Å²) in [4.78, 5) is 12.0. The van der Waals surface area contributed by atoms with E-state index >= 15 is 0 Å². The van der Waals surface area contributed by atoms with Gasteiger partial charge >= 0.3 is 0 Å². The number of ether oxygens (including phenoxy) is 1. The third kappa shape index (κ3) is 4.79. The molecule has 2 aromatic heterocycles. The fraction of sp³-hybridized carbons (Fsp3) is 0.174. The van der Waals surface area contributed by atoms with Crippen LogP contribution in [0.2, 0.25) is 0 Å². The van der Waals surface area contributed by atoms with Crippen LogP contribution in [-0.2, 0) is 11.2 Å². The normalized spacial score (nSPS) is 10.8. The summed E-state index contributed by atoms with van der Waals surface area (Å²) < 4.78 is 7.54. The van der Waals surface area contributed by atoms with Gasteiger partial charge in [0.25, 0.3) is 5.91 Å². The number of nitrogens with zero attached hydrogens (tertiary/aromatic N) is 3. The van der Waals surface area contributed by atoms with E-state index in [9.17, 15) is 4.79 Å². The Morgan fingerprint density at radius 3 is 2.48 bits per heavy atom. The molecule has 4 rings (SSSR count). The van der Waals surface area contributed by atoms with Gasteiger partial charge in [0.15, 0.2) is 12.3 Å². The summed E-state index contributed by atoms with van der Waals surface area (Å²) in [7, 11) is 0. The van der Waals surface area contributed by atoms with Crippen molar-refractivity contribution >= 4 is 11.6 Å². The molecular weight excluding hydrogens is 364 g/mol. The van der Waals surface area contributed by atoms with Crippen molar-refractivity contribution in [1.29, 1.82) is 0 Å². The fourth-order valence-corrected chi connectivity index (χ4v) is 3.11. The Morgan fingerprint density at radius 2 is 1.66 bits per heavy atom. The number of nitrogens with one attached hydrogen (secondary N) is 1. The van der Waals surface area contributed by atoms with Gasteiger partial charge in [-0.2, -0.15) is 0 Å². The number of benzene rings is 2. The number of amides is 1. The van der Waals surface area contributed by atoms with E-state index in [4.69, 9.17) is 4.74 Å². The molecule has 1 N–H and O–H groups in total. The largest absolute Gasteiger partial charge is 0.484 e. The van der Waals surface area contributed by atoms with Gasteiger partial charge in [0.1, 0.15) is 11.6 Å². The number of carbonyl (C=O) groups excluding carboxylic acids is 1. The molecule has 146 valence electrons. The standard InChI is InChI=1S/C23H22N4O2/c28-23(24-15-6-10-22-26-25-21-9-4-5-16-27(21)22)17-29-20-13-11-19(12-14-20)18-7-2-1-3-8-18/h1-5,7-9,11-14,16H,6,10,15,17H2,(H,24,28). The topological polar surface area (TPSA) is 68.5 Å². The molecule has 0 aliphatic carbocycles. The molecule has 29 heavy (non-hydrogen) atoms. The van der Waals surface area contributed by atoms with Crippen LogP contribution in [0.4, 0.5) is 0 Å². The predicted octanol–water partition coefficient (Wildman–Crippen LogP) is 3.52. The highest BCUT2D eigenvalue weighted by atomic mass is 16.5. The summed E-state index contributed by atoms with van der Waals surface area (Å²) >= 11 is 0. The molecule has 4 aromatic rings. The van der Waals surface area contributed by atoms with Crippen LogP contribution in [0.25, 0.3) is 16.8 Å². The molecule has 0 spiro atoms. The van der Waals surface area contributed by atoms with E-state index in [1.54, 1.807) is 0 Å². The van der Waals surface area contributed by atoms with Crippen molar-refractivity contribution < 1.29 is 9.53 Å². The molecule has 0 atom stereocenters. The lowest BCUT2D eigenvalue weighted by atomic mass is 10.1. The van der Waals surface area contributed by atoms with Gasteiger partial charge in [-0.3, -0.25) is 9.20 Å². The van der Waals surface area contributed by atoms with Crippen molar-refractivity contribution in [2.75, 3.05) is 13.2 Å². The summed E-state index contributed by atoms with van der Waals surface area (Å²) in [6.45, 7) is 0.565. The van der Waals surface area contributed by atoms with Gasteiger partial charge < -0.3 is 10.1 Å². The van der Waals surface area contributed by atoms with Gasteiger partial charge in [-0.1, -0.05) is 48.5 Å². The zero-order chi connectivity index (χ0) is 19.9. The van der Waals surface area contributed by atoms with Crippen LogP contribution in [0.15, 0.2) is 79.0 Å². The van der Waals surface area contributed by atoms with Crippen molar-refractivity contribution in [2.45, 2.75) is 12.8 Å². The summed E-state index contributed by atoms with van der Waals surface area (Å²) in [5, 5.41) is 11.2. The van der Waals surface area contributed by atoms with E-state index < -0.39 is 0 Å². The molecule has 0 saturated carbocycles. The van der Waals surface area contributed by atoms with E-state index in [0.717, 1.165) is 35.4 Å². The Kier molecular flexibility index (Phi) is 5.81. The highest BCUT2D eigenvalue weighted by Gasteiger charge is 2.06. The maximum Gasteiger partial charge on any atom is 0.257 e. The Balaban J connectivity index is 1.19. The molecule has 0 aliphatic rings. The molecule has 0 radical (unpaired) electrons. The first-order valence-corrected chi connectivity index (χ1v) is 9.63. The highest BCUT2D eigenvalue weighted by Crippen LogP contribution is 2.21. The predicted molar refractivity (Wildman–Crippen MR) is 112 cm³/mol. The number of fused-ring (bicyclic) bond motifs is 1. The zero-order valence-electron chi connectivity index (χ0n) is 16.0. The number of hydrogen-bond acceptors (Lipinski definition) is 4. The van der Waals surface area contributed by atoms with E-state index in [2.05, 4.69) is 27.6 Å². The highest BCUT2D eigenvalue weighted by molar-refractivity contribution is 5.77. The smallest absolute Gasteiger partial charge is 0.257 e. The van der Waals surface area contributed by atoms with E-state index in [1.165, 1.54) is 0 Å². The molecule has 2 aromatic carbocycles. The van der Waals surface area contributed by atoms with Gasteiger partial charge in [0, 0.05) is 19.2 Å². The molecule has 0 unspecified atom stereocenters. The molecule has 1 amide bonds. The van der Waals surface area contributed by atoms with Crippen LogP contribution in [0.5, 0.6) is 5.75 Å². The molecule has 6 nitrogen and oxygen atoms in total. The van der Waals surface area contributed by atoms with E-state index in [0.29, 0.717) is 12.3 Å². The second-order valence-corrected chi connectivity index (χ2v) is 6.68. The van der Waals surface area contributed by atoms with Crippen molar-refractivity contribution in [1.82, 2.24) is 19.9 Å². The molecule has 2 heterocycles. The van der Waals surface area contributed by atoms with Crippen molar-refractivity contribution in [3.05, 3.63) is 84.8 Å². The minimum absolute atomic E-state index is 0.00144. The summed E-state index contributed by atoms with van der Waals surface area (Å²) in [5.74, 6) is 1.43. The SMILES string of the molecule is O=C(COc1ccc(-c2ccccc2)cc1)NCCCc1nnc2ccccn12. The van der Waals surface area contributed by atoms with Gasteiger partial charge in [0.05, 0.1) is 0 Å². The Hall–Kier alpha value is -3.67. The van der Waals surface area contributed by atoms with Crippen LogP contribution < -0.4 is 10.1 Å². The number of carbonyl (C=O) groups is 1. The molecule has 6 heteroatoms. The Morgan fingerprint density at radius 1 is 0.897 bits per heavy atom. The number of pyridine rings is 1. The maximum atomic E-state index is 12.0. The number of rotatable bonds is 8. The third-order valence-electron chi connectivity index (χ3n) is 4.62. The Labute approximate surface area is 169 Å². The second kappa shape index (κ2) is 9.01. The van der Waals surface area contributed by atoms with Crippen molar-refractivity contribution in [3.8, 4) is 16.9 Å². The Bertz CT molecular complexity index is 1070. The maximum absolute atomic E-state index is 12.0. The summed E-state index contributed by atoms with van der Waals surface area (Å²) in [6, 6.07) is 23.7. The lowest BCUT2D eigenvalue weighted by molar-refractivity contribution is -0.123. The number of hydrogen-bond donors (Lipinski definition) is 1. The van der Waals surface area contributed by atoms with Crippen LogP contribution in [-0.4, -0.2) is 33.7 Å². The van der Waals surface area contributed by atoms with Crippen molar-refractivity contribution in [3.63, 3.8) is 0 Å². The van der Waals surface area contributed by atoms with E-state index in [1.807, 2.05) is 71.3 Å².